The van der Waals surface area contributed by atoms with E-state index < -0.39 is 0 Å². The third-order valence-corrected chi connectivity index (χ3v) is 4.52. The highest BCUT2D eigenvalue weighted by molar-refractivity contribution is 5.08. The van der Waals surface area contributed by atoms with E-state index in [0.717, 1.165) is 23.8 Å². The minimum absolute atomic E-state index is 0.541. The van der Waals surface area contributed by atoms with Crippen molar-refractivity contribution in [3.63, 3.8) is 0 Å². The number of hydrogen-bond acceptors (Lipinski definition) is 1. The molecular formula is C12H23N. The van der Waals surface area contributed by atoms with Gasteiger partial charge in [0.1, 0.15) is 0 Å². The van der Waals surface area contributed by atoms with Gasteiger partial charge in [-0.05, 0) is 37.0 Å². The van der Waals surface area contributed by atoms with Crippen molar-refractivity contribution < 1.29 is 0 Å². The molecule has 2 aliphatic rings. The van der Waals surface area contributed by atoms with Crippen LogP contribution in [0.25, 0.3) is 0 Å². The van der Waals surface area contributed by atoms with Crippen LogP contribution < -0.4 is 5.32 Å². The Balaban J connectivity index is 1.86. The number of nitrogens with one attached hydrogen (secondary N) is 1. The summed E-state index contributed by atoms with van der Waals surface area (Å²) in [5.41, 5.74) is 0.541. The molecule has 3 atom stereocenters. The zero-order valence-electron chi connectivity index (χ0n) is 9.43. The molecule has 0 saturated heterocycles. The monoisotopic (exact) mass is 181 g/mol. The molecule has 3 unspecified atom stereocenters. The van der Waals surface area contributed by atoms with Crippen LogP contribution in [-0.4, -0.2) is 11.6 Å². The van der Waals surface area contributed by atoms with Crippen molar-refractivity contribution in [1.82, 2.24) is 5.32 Å². The molecule has 2 saturated carbocycles. The Morgan fingerprint density at radius 2 is 1.85 bits per heavy atom. The maximum atomic E-state index is 3.88. The third-order valence-electron chi connectivity index (χ3n) is 4.52. The quantitative estimate of drug-likeness (QED) is 0.706. The fourth-order valence-electron chi connectivity index (χ4n) is 2.61. The molecule has 0 aromatic rings. The first-order chi connectivity index (χ1) is 6.05. The van der Waals surface area contributed by atoms with Crippen molar-refractivity contribution in [2.75, 3.05) is 0 Å². The molecule has 13 heavy (non-hydrogen) atoms. The largest absolute Gasteiger partial charge is 0.308 e. The summed E-state index contributed by atoms with van der Waals surface area (Å²) >= 11 is 0. The smallest absolute Gasteiger partial charge is 0.0208 e. The van der Waals surface area contributed by atoms with Gasteiger partial charge in [-0.15, -0.1) is 0 Å². The van der Waals surface area contributed by atoms with E-state index in [1.54, 1.807) is 0 Å². The second-order valence-electron chi connectivity index (χ2n) is 5.63. The van der Waals surface area contributed by atoms with Gasteiger partial charge in [-0.3, -0.25) is 0 Å². The van der Waals surface area contributed by atoms with E-state index in [1.165, 1.54) is 19.3 Å². The summed E-state index contributed by atoms with van der Waals surface area (Å²) in [7, 11) is 0. The molecule has 2 fully saturated rings. The molecule has 0 bridgehead atoms. The maximum Gasteiger partial charge on any atom is 0.0208 e. The summed E-state index contributed by atoms with van der Waals surface area (Å²) < 4.78 is 0. The van der Waals surface area contributed by atoms with Crippen molar-refractivity contribution in [2.24, 2.45) is 17.8 Å². The van der Waals surface area contributed by atoms with E-state index in [4.69, 9.17) is 0 Å². The van der Waals surface area contributed by atoms with Gasteiger partial charge in [-0.2, -0.15) is 0 Å². The lowest BCUT2D eigenvalue weighted by atomic mass is 9.71. The van der Waals surface area contributed by atoms with Crippen LogP contribution in [0.2, 0.25) is 0 Å². The van der Waals surface area contributed by atoms with E-state index in [9.17, 15) is 0 Å². The fourth-order valence-corrected chi connectivity index (χ4v) is 2.61. The van der Waals surface area contributed by atoms with Crippen molar-refractivity contribution in [3.8, 4) is 0 Å². The third kappa shape index (κ3) is 1.52. The Morgan fingerprint density at radius 1 is 1.23 bits per heavy atom. The number of hydrogen-bond donors (Lipinski definition) is 1. The van der Waals surface area contributed by atoms with Crippen LogP contribution in [0.4, 0.5) is 0 Å². The average Bonchev–Trinajstić information content (AvgIpc) is 2.85. The molecule has 0 spiro atoms. The van der Waals surface area contributed by atoms with E-state index in [2.05, 4.69) is 33.0 Å². The van der Waals surface area contributed by atoms with Crippen LogP contribution in [0, 0.1) is 17.8 Å². The van der Waals surface area contributed by atoms with Gasteiger partial charge in [0.05, 0.1) is 0 Å². The Labute approximate surface area is 82.3 Å². The highest BCUT2D eigenvalue weighted by Crippen LogP contribution is 2.45. The van der Waals surface area contributed by atoms with Crippen molar-refractivity contribution in [3.05, 3.63) is 0 Å². The SMILES string of the molecule is CC1CC(NC2(C(C)C)CC2)C1C. The van der Waals surface area contributed by atoms with Crippen LogP contribution in [-0.2, 0) is 0 Å². The van der Waals surface area contributed by atoms with Crippen LogP contribution in [0.5, 0.6) is 0 Å². The molecule has 0 aromatic carbocycles. The highest BCUT2D eigenvalue weighted by Gasteiger charge is 2.49. The second-order valence-corrected chi connectivity index (χ2v) is 5.63. The molecule has 0 amide bonds. The molecule has 0 aromatic heterocycles. The summed E-state index contributed by atoms with van der Waals surface area (Å²) in [5.74, 6) is 2.66. The lowest BCUT2D eigenvalue weighted by Crippen LogP contribution is -2.54. The average molecular weight is 181 g/mol. The van der Waals surface area contributed by atoms with Gasteiger partial charge in [-0.1, -0.05) is 27.7 Å². The molecular weight excluding hydrogens is 158 g/mol. The summed E-state index contributed by atoms with van der Waals surface area (Å²) in [6.45, 7) is 9.47. The van der Waals surface area contributed by atoms with Crippen LogP contribution in [0.15, 0.2) is 0 Å². The summed E-state index contributed by atoms with van der Waals surface area (Å²) in [6.07, 6.45) is 4.21. The molecule has 0 aliphatic heterocycles. The van der Waals surface area contributed by atoms with Gasteiger partial charge in [0.25, 0.3) is 0 Å². The van der Waals surface area contributed by atoms with E-state index in [-0.39, 0.29) is 0 Å². The van der Waals surface area contributed by atoms with Gasteiger partial charge < -0.3 is 5.32 Å². The Bertz CT molecular complexity index is 193. The fraction of sp³-hybridized carbons (Fsp3) is 1.00. The van der Waals surface area contributed by atoms with Gasteiger partial charge in [0.2, 0.25) is 0 Å². The standard InChI is InChI=1S/C12H23N/c1-8(2)12(5-6-12)13-11-7-9(3)10(11)4/h8-11,13H,5-7H2,1-4H3. The van der Waals surface area contributed by atoms with Crippen LogP contribution in [0.3, 0.4) is 0 Å². The minimum Gasteiger partial charge on any atom is -0.308 e. The lowest BCUT2D eigenvalue weighted by Gasteiger charge is -2.44. The summed E-state index contributed by atoms with van der Waals surface area (Å²) in [4.78, 5) is 0. The normalized spacial score (nSPS) is 41.8. The predicted octanol–water partition coefficient (Wildman–Crippen LogP) is 2.81. The van der Waals surface area contributed by atoms with Crippen LogP contribution in [0.1, 0.15) is 47.0 Å². The molecule has 1 heteroatoms. The van der Waals surface area contributed by atoms with E-state index in [0.29, 0.717) is 5.54 Å². The highest BCUT2D eigenvalue weighted by atomic mass is 15.1. The van der Waals surface area contributed by atoms with Gasteiger partial charge in [0, 0.05) is 11.6 Å². The zero-order chi connectivity index (χ0) is 9.64. The van der Waals surface area contributed by atoms with Crippen LogP contribution >= 0.6 is 0 Å². The summed E-state index contributed by atoms with van der Waals surface area (Å²) in [6, 6.07) is 0.819. The molecule has 1 nitrogen and oxygen atoms in total. The minimum atomic E-state index is 0.541. The van der Waals surface area contributed by atoms with Crippen molar-refractivity contribution in [1.29, 1.82) is 0 Å². The Kier molecular flexibility index (Phi) is 2.18. The second kappa shape index (κ2) is 2.98. The van der Waals surface area contributed by atoms with E-state index in [1.807, 2.05) is 0 Å². The first kappa shape index (κ1) is 9.51. The Hall–Kier alpha value is -0.0400. The molecule has 2 aliphatic carbocycles. The molecule has 0 radical (unpaired) electrons. The van der Waals surface area contributed by atoms with Gasteiger partial charge in [-0.25, -0.2) is 0 Å². The maximum absolute atomic E-state index is 3.88. The molecule has 2 rings (SSSR count). The zero-order valence-corrected chi connectivity index (χ0v) is 9.43. The molecule has 76 valence electrons. The molecule has 1 N–H and O–H groups in total. The van der Waals surface area contributed by atoms with E-state index >= 15 is 0 Å². The number of rotatable bonds is 3. The van der Waals surface area contributed by atoms with Crippen molar-refractivity contribution in [2.45, 2.75) is 58.5 Å². The van der Waals surface area contributed by atoms with Gasteiger partial charge >= 0.3 is 0 Å². The summed E-state index contributed by atoms with van der Waals surface area (Å²) in [5, 5.41) is 3.88. The molecule has 0 heterocycles. The first-order valence-electron chi connectivity index (χ1n) is 5.83. The predicted molar refractivity (Wildman–Crippen MR) is 56.7 cm³/mol. The Morgan fingerprint density at radius 3 is 2.15 bits per heavy atom. The first-order valence-corrected chi connectivity index (χ1v) is 5.83. The lowest BCUT2D eigenvalue weighted by molar-refractivity contribution is 0.112. The van der Waals surface area contributed by atoms with Crippen molar-refractivity contribution >= 4 is 0 Å². The van der Waals surface area contributed by atoms with Gasteiger partial charge in [0.15, 0.2) is 0 Å². The topological polar surface area (TPSA) is 12.0 Å².